The van der Waals surface area contributed by atoms with Crippen LogP contribution in [-0.2, 0) is 0 Å². The van der Waals surface area contributed by atoms with E-state index >= 15 is 0 Å². The Kier molecular flexibility index (Phi) is 3.13. The monoisotopic (exact) mass is 231 g/mol. The largest absolute Gasteiger partial charge is 0.461 e. The van der Waals surface area contributed by atoms with Gasteiger partial charge in [-0.05, 0) is 26.0 Å². The number of aromatic nitrogens is 4. The average Bonchev–Trinajstić information content (AvgIpc) is 2.28. The van der Waals surface area contributed by atoms with E-state index in [1.165, 1.54) is 0 Å². The Morgan fingerprint density at radius 1 is 1.12 bits per heavy atom. The highest BCUT2D eigenvalue weighted by Crippen LogP contribution is 2.17. The molecule has 0 saturated heterocycles. The maximum atomic E-state index is 5.61. The van der Waals surface area contributed by atoms with Gasteiger partial charge in [0, 0.05) is 18.0 Å². The van der Waals surface area contributed by atoms with Gasteiger partial charge in [-0.2, -0.15) is 15.0 Å². The van der Waals surface area contributed by atoms with Gasteiger partial charge in [0.2, 0.25) is 5.95 Å². The summed E-state index contributed by atoms with van der Waals surface area (Å²) in [6, 6.07) is 3.83. The van der Waals surface area contributed by atoms with Crippen LogP contribution in [-0.4, -0.2) is 26.0 Å². The highest BCUT2D eigenvalue weighted by Gasteiger charge is 2.08. The first-order valence-electron chi connectivity index (χ1n) is 5.24. The molecule has 0 bridgehead atoms. The fraction of sp³-hybridized carbons (Fsp3) is 0.273. The first-order chi connectivity index (χ1) is 8.15. The Labute approximate surface area is 98.9 Å². The second kappa shape index (κ2) is 4.73. The van der Waals surface area contributed by atoms with Crippen LogP contribution < -0.4 is 10.5 Å². The van der Waals surface area contributed by atoms with Crippen LogP contribution in [0.1, 0.15) is 13.8 Å². The third kappa shape index (κ3) is 2.87. The van der Waals surface area contributed by atoms with Crippen molar-refractivity contribution in [2.75, 3.05) is 5.73 Å². The molecular formula is C11H13N5O. The molecule has 0 aliphatic rings. The van der Waals surface area contributed by atoms with Crippen molar-refractivity contribution < 1.29 is 4.74 Å². The van der Waals surface area contributed by atoms with Crippen LogP contribution in [0.3, 0.4) is 0 Å². The second-order valence-corrected chi connectivity index (χ2v) is 3.70. The molecule has 0 amide bonds. The quantitative estimate of drug-likeness (QED) is 0.856. The molecule has 2 aromatic heterocycles. The van der Waals surface area contributed by atoms with Crippen LogP contribution in [0.25, 0.3) is 11.4 Å². The highest BCUT2D eigenvalue weighted by atomic mass is 16.5. The minimum absolute atomic E-state index is 0.0120. The van der Waals surface area contributed by atoms with Gasteiger partial charge >= 0.3 is 6.01 Å². The van der Waals surface area contributed by atoms with Gasteiger partial charge in [-0.25, -0.2) is 0 Å². The van der Waals surface area contributed by atoms with Crippen molar-refractivity contribution in [2.45, 2.75) is 20.0 Å². The van der Waals surface area contributed by atoms with Crippen LogP contribution in [0, 0.1) is 0 Å². The molecule has 0 fully saturated rings. The van der Waals surface area contributed by atoms with Crippen molar-refractivity contribution in [1.29, 1.82) is 0 Å². The molecule has 0 radical (unpaired) electrons. The Balaban J connectivity index is 2.38. The van der Waals surface area contributed by atoms with Gasteiger partial charge in [-0.15, -0.1) is 0 Å². The lowest BCUT2D eigenvalue weighted by atomic mass is 10.2. The third-order valence-electron chi connectivity index (χ3n) is 1.91. The molecule has 2 N–H and O–H groups in total. The molecule has 0 atom stereocenters. The maximum absolute atomic E-state index is 5.61. The highest BCUT2D eigenvalue weighted by molar-refractivity contribution is 5.54. The maximum Gasteiger partial charge on any atom is 0.322 e. The van der Waals surface area contributed by atoms with Crippen LogP contribution in [0.5, 0.6) is 6.01 Å². The Hall–Kier alpha value is -2.24. The van der Waals surface area contributed by atoms with E-state index in [1.54, 1.807) is 24.5 Å². The lowest BCUT2D eigenvalue weighted by Gasteiger charge is -2.08. The normalized spacial score (nSPS) is 10.5. The van der Waals surface area contributed by atoms with Crippen LogP contribution in [0.15, 0.2) is 24.5 Å². The standard InChI is InChI=1S/C11H13N5O/c1-7(2)17-11-15-9(14-10(12)16-11)8-3-5-13-6-4-8/h3-7H,1-2H3,(H2,12,14,15,16). The summed E-state index contributed by atoms with van der Waals surface area (Å²) in [6.07, 6.45) is 3.32. The van der Waals surface area contributed by atoms with E-state index in [1.807, 2.05) is 13.8 Å². The molecule has 2 heterocycles. The molecule has 0 aliphatic carbocycles. The minimum atomic E-state index is -0.0120. The second-order valence-electron chi connectivity index (χ2n) is 3.70. The summed E-state index contributed by atoms with van der Waals surface area (Å²) < 4.78 is 5.40. The minimum Gasteiger partial charge on any atom is -0.461 e. The molecule has 2 rings (SSSR count). The van der Waals surface area contributed by atoms with E-state index in [2.05, 4.69) is 19.9 Å². The van der Waals surface area contributed by atoms with E-state index in [4.69, 9.17) is 10.5 Å². The van der Waals surface area contributed by atoms with Crippen molar-refractivity contribution >= 4 is 5.95 Å². The summed E-state index contributed by atoms with van der Waals surface area (Å²) in [5.74, 6) is 0.623. The molecule has 0 aliphatic heterocycles. The van der Waals surface area contributed by atoms with Crippen LogP contribution in [0.2, 0.25) is 0 Å². The molecule has 6 nitrogen and oxygen atoms in total. The number of nitrogens with zero attached hydrogens (tertiary/aromatic N) is 4. The van der Waals surface area contributed by atoms with Crippen LogP contribution in [0.4, 0.5) is 5.95 Å². The zero-order valence-corrected chi connectivity index (χ0v) is 9.66. The smallest absolute Gasteiger partial charge is 0.322 e. The summed E-state index contributed by atoms with van der Waals surface area (Å²) >= 11 is 0. The van der Waals surface area contributed by atoms with Crippen molar-refractivity contribution in [2.24, 2.45) is 0 Å². The number of hydrogen-bond acceptors (Lipinski definition) is 6. The Morgan fingerprint density at radius 3 is 2.47 bits per heavy atom. The van der Waals surface area contributed by atoms with E-state index in [0.29, 0.717) is 5.82 Å². The summed E-state index contributed by atoms with van der Waals surface area (Å²) in [6.45, 7) is 3.79. The first-order valence-corrected chi connectivity index (χ1v) is 5.24. The molecule has 6 heteroatoms. The molecule has 0 spiro atoms. The fourth-order valence-electron chi connectivity index (χ4n) is 1.27. The van der Waals surface area contributed by atoms with Gasteiger partial charge in [-0.3, -0.25) is 4.98 Å². The fourth-order valence-corrected chi connectivity index (χ4v) is 1.27. The number of ether oxygens (including phenoxy) is 1. The molecule has 0 saturated carbocycles. The number of nitrogen functional groups attached to an aromatic ring is 1. The number of hydrogen-bond donors (Lipinski definition) is 1. The lowest BCUT2D eigenvalue weighted by molar-refractivity contribution is 0.222. The van der Waals surface area contributed by atoms with Gasteiger partial charge in [0.25, 0.3) is 0 Å². The molecule has 17 heavy (non-hydrogen) atoms. The topological polar surface area (TPSA) is 86.8 Å². The number of pyridine rings is 1. The zero-order chi connectivity index (χ0) is 12.3. The molecule has 88 valence electrons. The van der Waals surface area contributed by atoms with E-state index in [0.717, 1.165) is 5.56 Å². The molecule has 0 unspecified atom stereocenters. The lowest BCUT2D eigenvalue weighted by Crippen LogP contribution is -2.11. The summed E-state index contributed by atoms with van der Waals surface area (Å²) in [4.78, 5) is 16.1. The molecule has 0 aromatic carbocycles. The van der Waals surface area contributed by atoms with Gasteiger partial charge in [-0.1, -0.05) is 0 Å². The summed E-state index contributed by atoms with van der Waals surface area (Å²) in [5.41, 5.74) is 6.44. The Morgan fingerprint density at radius 2 is 1.82 bits per heavy atom. The zero-order valence-electron chi connectivity index (χ0n) is 9.66. The van der Waals surface area contributed by atoms with Gasteiger partial charge < -0.3 is 10.5 Å². The van der Waals surface area contributed by atoms with Crippen molar-refractivity contribution in [3.05, 3.63) is 24.5 Å². The van der Waals surface area contributed by atoms with Gasteiger partial charge in [0.15, 0.2) is 5.82 Å². The van der Waals surface area contributed by atoms with Gasteiger partial charge in [0.1, 0.15) is 0 Å². The average molecular weight is 231 g/mol. The summed E-state index contributed by atoms with van der Waals surface area (Å²) in [5, 5.41) is 0. The summed E-state index contributed by atoms with van der Waals surface area (Å²) in [7, 11) is 0. The van der Waals surface area contributed by atoms with Crippen molar-refractivity contribution in [3.8, 4) is 17.4 Å². The first kappa shape index (κ1) is 11.3. The van der Waals surface area contributed by atoms with E-state index < -0.39 is 0 Å². The predicted molar refractivity (Wildman–Crippen MR) is 63.2 cm³/mol. The SMILES string of the molecule is CC(C)Oc1nc(N)nc(-c2ccncc2)n1. The third-order valence-corrected chi connectivity index (χ3v) is 1.91. The van der Waals surface area contributed by atoms with Crippen molar-refractivity contribution in [3.63, 3.8) is 0 Å². The van der Waals surface area contributed by atoms with Gasteiger partial charge in [0.05, 0.1) is 6.10 Å². The van der Waals surface area contributed by atoms with E-state index in [-0.39, 0.29) is 18.1 Å². The van der Waals surface area contributed by atoms with E-state index in [9.17, 15) is 0 Å². The number of anilines is 1. The number of rotatable bonds is 3. The molecular weight excluding hydrogens is 218 g/mol. The predicted octanol–water partition coefficient (Wildman–Crippen LogP) is 1.30. The van der Waals surface area contributed by atoms with Crippen LogP contribution >= 0.6 is 0 Å². The molecule has 2 aromatic rings. The van der Waals surface area contributed by atoms with Crippen molar-refractivity contribution in [1.82, 2.24) is 19.9 Å². The Bertz CT molecular complexity index is 500. The number of nitrogens with two attached hydrogens (primary N) is 1.